The fourth-order valence-electron chi connectivity index (χ4n) is 1.91. The zero-order chi connectivity index (χ0) is 17.0. The maximum absolute atomic E-state index is 13.0. The van der Waals surface area contributed by atoms with E-state index in [0.717, 1.165) is 12.3 Å². The summed E-state index contributed by atoms with van der Waals surface area (Å²) in [7, 11) is -3.61. The van der Waals surface area contributed by atoms with Crippen LogP contribution < -0.4 is 0 Å². The maximum Gasteiger partial charge on any atom is 0.339 e. The second-order valence-electron chi connectivity index (χ2n) is 4.78. The highest BCUT2D eigenvalue weighted by Crippen LogP contribution is 2.16. The molecule has 0 saturated heterocycles. The van der Waals surface area contributed by atoms with Gasteiger partial charge in [0.1, 0.15) is 5.82 Å². The van der Waals surface area contributed by atoms with E-state index in [1.807, 2.05) is 0 Å². The lowest BCUT2D eigenvalue weighted by molar-refractivity contribution is 0.0471. The Labute approximate surface area is 132 Å². The van der Waals surface area contributed by atoms with Crippen LogP contribution in [0.2, 0.25) is 0 Å². The van der Waals surface area contributed by atoms with Gasteiger partial charge in [0, 0.05) is 11.8 Å². The predicted octanol–water partition coefficient (Wildman–Crippen LogP) is 2.27. The van der Waals surface area contributed by atoms with Crippen molar-refractivity contribution in [2.24, 2.45) is 0 Å². The summed E-state index contributed by atoms with van der Waals surface area (Å²) in [6, 6.07) is 10.5. The Morgan fingerprint density at radius 3 is 2.43 bits per heavy atom. The van der Waals surface area contributed by atoms with Gasteiger partial charge in [-0.3, -0.25) is 4.79 Å². The molecule has 23 heavy (non-hydrogen) atoms. The van der Waals surface area contributed by atoms with E-state index in [1.54, 1.807) is 0 Å². The topological polar surface area (TPSA) is 77.5 Å². The van der Waals surface area contributed by atoms with Gasteiger partial charge in [0.2, 0.25) is 0 Å². The highest BCUT2D eigenvalue weighted by atomic mass is 32.2. The van der Waals surface area contributed by atoms with Crippen molar-refractivity contribution in [2.75, 3.05) is 12.9 Å². The third-order valence-electron chi connectivity index (χ3n) is 2.99. The van der Waals surface area contributed by atoms with Crippen LogP contribution in [0.15, 0.2) is 53.4 Å². The van der Waals surface area contributed by atoms with Crippen LogP contribution in [0.5, 0.6) is 0 Å². The number of sulfone groups is 1. The second-order valence-corrected chi connectivity index (χ2v) is 6.76. The second kappa shape index (κ2) is 6.70. The minimum atomic E-state index is -3.61. The average molecular weight is 336 g/mol. The fraction of sp³-hybridized carbons (Fsp3) is 0.125. The molecule has 0 heterocycles. The number of hydrogen-bond acceptors (Lipinski definition) is 5. The highest BCUT2D eigenvalue weighted by molar-refractivity contribution is 7.90. The third kappa shape index (κ3) is 4.23. The van der Waals surface area contributed by atoms with Crippen LogP contribution in [0.25, 0.3) is 0 Å². The van der Waals surface area contributed by atoms with Crippen molar-refractivity contribution >= 4 is 21.6 Å². The first-order valence-corrected chi connectivity index (χ1v) is 8.43. The van der Waals surface area contributed by atoms with Gasteiger partial charge in [0.05, 0.1) is 10.5 Å². The van der Waals surface area contributed by atoms with Crippen LogP contribution in [-0.4, -0.2) is 33.0 Å². The van der Waals surface area contributed by atoms with Gasteiger partial charge in [-0.25, -0.2) is 17.6 Å². The highest BCUT2D eigenvalue weighted by Gasteiger charge is 2.20. The number of Topliss-reactive ketones (excluding diaryl/α,β-unsaturated/α-hetero) is 1. The first-order valence-electron chi connectivity index (χ1n) is 6.54. The molecule has 0 aromatic heterocycles. The molecular weight excluding hydrogens is 323 g/mol. The van der Waals surface area contributed by atoms with Crippen LogP contribution in [0.1, 0.15) is 20.7 Å². The van der Waals surface area contributed by atoms with Crippen molar-refractivity contribution < 1.29 is 27.1 Å². The average Bonchev–Trinajstić information content (AvgIpc) is 2.51. The Morgan fingerprint density at radius 2 is 1.78 bits per heavy atom. The summed E-state index contributed by atoms with van der Waals surface area (Å²) in [5.41, 5.74) is -0.0868. The smallest absolute Gasteiger partial charge is 0.339 e. The van der Waals surface area contributed by atoms with Crippen molar-refractivity contribution in [1.82, 2.24) is 0 Å². The molecule has 0 fully saturated rings. The fourth-order valence-corrected chi connectivity index (χ4v) is 2.79. The van der Waals surface area contributed by atoms with Gasteiger partial charge in [-0.1, -0.05) is 24.3 Å². The first-order chi connectivity index (χ1) is 10.8. The minimum absolute atomic E-state index is 0.0641. The molecule has 5 nitrogen and oxygen atoms in total. The van der Waals surface area contributed by atoms with E-state index in [9.17, 15) is 22.4 Å². The quantitative estimate of drug-likeness (QED) is 0.618. The van der Waals surface area contributed by atoms with E-state index >= 15 is 0 Å². The van der Waals surface area contributed by atoms with E-state index in [0.29, 0.717) is 0 Å². The molecule has 0 unspecified atom stereocenters. The molecule has 120 valence electrons. The molecule has 0 radical (unpaired) electrons. The largest absolute Gasteiger partial charge is 0.454 e. The maximum atomic E-state index is 13.0. The van der Waals surface area contributed by atoms with Crippen molar-refractivity contribution in [3.63, 3.8) is 0 Å². The Bertz CT molecular complexity index is 858. The summed E-state index contributed by atoms with van der Waals surface area (Å²) < 4.78 is 41.2. The number of ether oxygens (including phenoxy) is 1. The lowest BCUT2D eigenvalue weighted by atomic mass is 10.1. The molecule has 0 N–H and O–H groups in total. The SMILES string of the molecule is CS(=O)(=O)c1ccccc1C(=O)OCC(=O)c1cccc(F)c1. The summed E-state index contributed by atoms with van der Waals surface area (Å²) in [5, 5.41) is 0. The third-order valence-corrected chi connectivity index (χ3v) is 4.14. The van der Waals surface area contributed by atoms with Crippen LogP contribution in [-0.2, 0) is 14.6 Å². The number of rotatable bonds is 5. The molecule has 2 aromatic carbocycles. The number of esters is 1. The molecule has 0 amide bonds. The van der Waals surface area contributed by atoms with E-state index < -0.39 is 34.0 Å². The van der Waals surface area contributed by atoms with Crippen LogP contribution in [0.4, 0.5) is 4.39 Å². The Morgan fingerprint density at radius 1 is 1.09 bits per heavy atom. The number of carbonyl (C=O) groups excluding carboxylic acids is 2. The van der Waals surface area contributed by atoms with Gasteiger partial charge >= 0.3 is 5.97 Å². The van der Waals surface area contributed by atoms with E-state index in [2.05, 4.69) is 0 Å². The van der Waals surface area contributed by atoms with Crippen LogP contribution in [0.3, 0.4) is 0 Å². The zero-order valence-corrected chi connectivity index (χ0v) is 13.0. The van der Waals surface area contributed by atoms with Gasteiger partial charge in [0.15, 0.2) is 22.2 Å². The van der Waals surface area contributed by atoms with Crippen molar-refractivity contribution in [3.8, 4) is 0 Å². The number of hydrogen-bond donors (Lipinski definition) is 0. The molecule has 0 spiro atoms. The van der Waals surface area contributed by atoms with E-state index in [-0.39, 0.29) is 16.0 Å². The Kier molecular flexibility index (Phi) is 4.90. The standard InChI is InChI=1S/C16H13FO5S/c1-23(20,21)15-8-3-2-7-13(15)16(19)22-10-14(18)11-5-4-6-12(17)9-11/h2-9H,10H2,1H3. The van der Waals surface area contributed by atoms with E-state index in [1.165, 1.54) is 42.5 Å². The summed E-state index contributed by atoms with van der Waals surface area (Å²) >= 11 is 0. The molecule has 0 saturated carbocycles. The molecule has 0 bridgehead atoms. The number of benzene rings is 2. The molecule has 2 rings (SSSR count). The van der Waals surface area contributed by atoms with Gasteiger partial charge in [0.25, 0.3) is 0 Å². The normalized spacial score (nSPS) is 11.0. The number of carbonyl (C=O) groups is 2. The molecule has 0 aliphatic carbocycles. The van der Waals surface area contributed by atoms with E-state index in [4.69, 9.17) is 4.74 Å². The van der Waals surface area contributed by atoms with Gasteiger partial charge in [-0.2, -0.15) is 0 Å². The minimum Gasteiger partial charge on any atom is -0.454 e. The molecule has 7 heteroatoms. The summed E-state index contributed by atoms with van der Waals surface area (Å²) in [6.45, 7) is -0.611. The van der Waals surface area contributed by atoms with Crippen LogP contribution in [0, 0.1) is 5.82 Å². The molecule has 0 atom stereocenters. The lowest BCUT2D eigenvalue weighted by Crippen LogP contribution is -2.16. The summed E-state index contributed by atoms with van der Waals surface area (Å²) in [5.74, 6) is -2.10. The molecule has 0 aliphatic rings. The van der Waals surface area contributed by atoms with Gasteiger partial charge < -0.3 is 4.74 Å². The van der Waals surface area contributed by atoms with Crippen molar-refractivity contribution in [2.45, 2.75) is 4.90 Å². The first kappa shape index (κ1) is 16.8. The Balaban J connectivity index is 2.13. The number of ketones is 1. The van der Waals surface area contributed by atoms with Crippen molar-refractivity contribution in [1.29, 1.82) is 0 Å². The zero-order valence-electron chi connectivity index (χ0n) is 12.2. The molecular formula is C16H13FO5S. The predicted molar refractivity (Wildman–Crippen MR) is 80.6 cm³/mol. The van der Waals surface area contributed by atoms with Gasteiger partial charge in [-0.05, 0) is 24.3 Å². The monoisotopic (exact) mass is 336 g/mol. The lowest BCUT2D eigenvalue weighted by Gasteiger charge is -2.08. The molecule has 0 aliphatic heterocycles. The summed E-state index contributed by atoms with van der Waals surface area (Å²) in [6.07, 6.45) is 0.969. The van der Waals surface area contributed by atoms with Gasteiger partial charge in [-0.15, -0.1) is 0 Å². The molecule has 2 aromatic rings. The van der Waals surface area contributed by atoms with Crippen LogP contribution >= 0.6 is 0 Å². The number of halogens is 1. The van der Waals surface area contributed by atoms with Crippen molar-refractivity contribution in [3.05, 3.63) is 65.5 Å². The Hall–Kier alpha value is -2.54. The summed E-state index contributed by atoms with van der Waals surface area (Å²) in [4.78, 5) is 23.7.